The Balaban J connectivity index is 2.63. The van der Waals surface area contributed by atoms with Crippen LogP contribution in [0.4, 0.5) is 0 Å². The highest BCUT2D eigenvalue weighted by Gasteiger charge is 2.12. The minimum Gasteiger partial charge on any atom is -0.396 e. The van der Waals surface area contributed by atoms with Crippen LogP contribution in [-0.2, 0) is 11.3 Å². The average Bonchev–Trinajstić information content (AvgIpc) is 2.38. The molecule has 4 N–H and O–H groups in total. The second kappa shape index (κ2) is 8.21. The number of rotatable bonds is 8. The molecule has 4 nitrogen and oxygen atoms in total. The van der Waals surface area contributed by atoms with E-state index in [0.29, 0.717) is 13.2 Å². The second-order valence-electron chi connectivity index (χ2n) is 4.54. The van der Waals surface area contributed by atoms with E-state index in [9.17, 15) is 0 Å². The van der Waals surface area contributed by atoms with Gasteiger partial charge < -0.3 is 20.9 Å². The number of nitrogens with two attached hydrogens (primary N) is 1. The van der Waals surface area contributed by atoms with Crippen molar-refractivity contribution >= 4 is 0 Å². The number of hydrogen-bond acceptors (Lipinski definition) is 4. The summed E-state index contributed by atoms with van der Waals surface area (Å²) >= 11 is 0. The lowest BCUT2D eigenvalue weighted by atomic mass is 10.0. The number of benzene rings is 1. The van der Waals surface area contributed by atoms with Gasteiger partial charge in [0.25, 0.3) is 0 Å². The van der Waals surface area contributed by atoms with Gasteiger partial charge in [-0.2, -0.15) is 0 Å². The zero-order valence-corrected chi connectivity index (χ0v) is 11.2. The highest BCUT2D eigenvalue weighted by molar-refractivity contribution is 5.25. The number of ether oxygens (including phenoxy) is 1. The lowest BCUT2D eigenvalue weighted by Gasteiger charge is -2.22. The van der Waals surface area contributed by atoms with Gasteiger partial charge in [-0.05, 0) is 24.5 Å². The molecule has 102 valence electrons. The fourth-order valence-electron chi connectivity index (χ4n) is 1.93. The van der Waals surface area contributed by atoms with E-state index in [-0.39, 0.29) is 18.7 Å². The van der Waals surface area contributed by atoms with Crippen LogP contribution in [0.25, 0.3) is 0 Å². The molecule has 0 spiro atoms. The van der Waals surface area contributed by atoms with Gasteiger partial charge in [0, 0.05) is 32.3 Å². The van der Waals surface area contributed by atoms with Crippen LogP contribution >= 0.6 is 0 Å². The van der Waals surface area contributed by atoms with Crippen molar-refractivity contribution in [2.45, 2.75) is 32.0 Å². The third kappa shape index (κ3) is 4.74. The van der Waals surface area contributed by atoms with Crippen molar-refractivity contribution in [1.29, 1.82) is 0 Å². The molecule has 0 heterocycles. The van der Waals surface area contributed by atoms with E-state index in [4.69, 9.17) is 15.6 Å². The van der Waals surface area contributed by atoms with E-state index in [1.165, 1.54) is 5.56 Å². The summed E-state index contributed by atoms with van der Waals surface area (Å²) in [7, 11) is 1.69. The minimum absolute atomic E-state index is 0.128. The number of aliphatic hydroxyl groups is 1. The maximum atomic E-state index is 8.90. The number of nitrogens with one attached hydrogen (secondary N) is 1. The zero-order chi connectivity index (χ0) is 13.4. The first kappa shape index (κ1) is 15.1. The molecule has 0 saturated carbocycles. The van der Waals surface area contributed by atoms with Crippen LogP contribution in [0.2, 0.25) is 0 Å². The SMILES string of the molecule is COCc1ccc(C(CN)NC(C)CCO)cc1. The first-order chi connectivity index (χ1) is 8.71. The Morgan fingerprint density at radius 1 is 1.33 bits per heavy atom. The first-order valence-electron chi connectivity index (χ1n) is 6.36. The van der Waals surface area contributed by atoms with Crippen molar-refractivity contribution in [1.82, 2.24) is 5.32 Å². The van der Waals surface area contributed by atoms with Crippen LogP contribution < -0.4 is 11.1 Å². The summed E-state index contributed by atoms with van der Waals surface area (Å²) in [5.41, 5.74) is 8.12. The number of aliphatic hydroxyl groups excluding tert-OH is 1. The predicted octanol–water partition coefficient (Wildman–Crippen LogP) is 1.19. The summed E-state index contributed by atoms with van der Waals surface area (Å²) in [5, 5.41) is 12.3. The molecule has 0 aliphatic heterocycles. The summed E-state index contributed by atoms with van der Waals surface area (Å²) in [6.07, 6.45) is 0.734. The van der Waals surface area contributed by atoms with E-state index in [1.807, 2.05) is 0 Å². The van der Waals surface area contributed by atoms with Gasteiger partial charge in [0.05, 0.1) is 6.61 Å². The van der Waals surface area contributed by atoms with E-state index >= 15 is 0 Å². The average molecular weight is 252 g/mol. The lowest BCUT2D eigenvalue weighted by molar-refractivity contribution is 0.185. The molecule has 0 fully saturated rings. The molecule has 18 heavy (non-hydrogen) atoms. The Kier molecular flexibility index (Phi) is 6.90. The number of hydrogen-bond donors (Lipinski definition) is 3. The van der Waals surface area contributed by atoms with E-state index in [0.717, 1.165) is 12.0 Å². The van der Waals surface area contributed by atoms with Gasteiger partial charge in [-0.25, -0.2) is 0 Å². The Labute approximate surface area is 109 Å². The quantitative estimate of drug-likeness (QED) is 0.650. The standard InChI is InChI=1S/C14H24N2O2/c1-11(7-8-17)16-14(9-15)13-5-3-12(4-6-13)10-18-2/h3-6,11,14,16-17H,7-10,15H2,1-2H3. The second-order valence-corrected chi connectivity index (χ2v) is 4.54. The van der Waals surface area contributed by atoms with Crippen molar-refractivity contribution in [2.75, 3.05) is 20.3 Å². The Bertz CT molecular complexity index is 327. The van der Waals surface area contributed by atoms with Gasteiger partial charge >= 0.3 is 0 Å². The van der Waals surface area contributed by atoms with Gasteiger partial charge in [0.15, 0.2) is 0 Å². The molecular weight excluding hydrogens is 228 g/mol. The first-order valence-corrected chi connectivity index (χ1v) is 6.36. The molecule has 2 atom stereocenters. The molecule has 1 aromatic carbocycles. The Morgan fingerprint density at radius 2 is 2.00 bits per heavy atom. The van der Waals surface area contributed by atoms with Gasteiger partial charge in [0.1, 0.15) is 0 Å². The third-order valence-electron chi connectivity index (χ3n) is 2.98. The van der Waals surface area contributed by atoms with Crippen LogP contribution in [0.1, 0.15) is 30.5 Å². The molecule has 0 aliphatic carbocycles. The summed E-state index contributed by atoms with van der Waals surface area (Å²) in [4.78, 5) is 0. The van der Waals surface area contributed by atoms with Crippen LogP contribution in [0.5, 0.6) is 0 Å². The van der Waals surface area contributed by atoms with Crippen molar-refractivity contribution in [3.05, 3.63) is 35.4 Å². The van der Waals surface area contributed by atoms with Crippen molar-refractivity contribution < 1.29 is 9.84 Å². The zero-order valence-electron chi connectivity index (χ0n) is 11.2. The molecule has 0 radical (unpaired) electrons. The molecular formula is C14H24N2O2. The molecule has 0 amide bonds. The summed E-state index contributed by atoms with van der Waals surface area (Å²) in [5.74, 6) is 0. The van der Waals surface area contributed by atoms with Crippen LogP contribution in [0, 0.1) is 0 Å². The predicted molar refractivity (Wildman–Crippen MR) is 73.3 cm³/mol. The van der Waals surface area contributed by atoms with E-state index < -0.39 is 0 Å². The van der Waals surface area contributed by atoms with Gasteiger partial charge in [-0.1, -0.05) is 24.3 Å². The van der Waals surface area contributed by atoms with Crippen molar-refractivity contribution in [3.63, 3.8) is 0 Å². The molecule has 0 saturated heterocycles. The van der Waals surface area contributed by atoms with E-state index in [2.05, 4.69) is 36.5 Å². The van der Waals surface area contributed by atoms with Crippen LogP contribution in [-0.4, -0.2) is 31.4 Å². The maximum Gasteiger partial charge on any atom is 0.0713 e. The third-order valence-corrected chi connectivity index (χ3v) is 2.98. The summed E-state index contributed by atoms with van der Waals surface area (Å²) in [6, 6.07) is 8.64. The fraction of sp³-hybridized carbons (Fsp3) is 0.571. The largest absolute Gasteiger partial charge is 0.396 e. The highest BCUT2D eigenvalue weighted by Crippen LogP contribution is 2.14. The molecule has 2 unspecified atom stereocenters. The topological polar surface area (TPSA) is 67.5 Å². The monoisotopic (exact) mass is 252 g/mol. The smallest absolute Gasteiger partial charge is 0.0713 e. The number of methoxy groups -OCH3 is 1. The normalized spacial score (nSPS) is 14.4. The highest BCUT2D eigenvalue weighted by atomic mass is 16.5. The van der Waals surface area contributed by atoms with Gasteiger partial charge in [-0.15, -0.1) is 0 Å². The van der Waals surface area contributed by atoms with E-state index in [1.54, 1.807) is 7.11 Å². The molecule has 0 bridgehead atoms. The van der Waals surface area contributed by atoms with Gasteiger partial charge in [0.2, 0.25) is 0 Å². The van der Waals surface area contributed by atoms with Crippen LogP contribution in [0.3, 0.4) is 0 Å². The van der Waals surface area contributed by atoms with Gasteiger partial charge in [-0.3, -0.25) is 0 Å². The summed E-state index contributed by atoms with van der Waals surface area (Å²) in [6.45, 7) is 3.41. The molecule has 1 aromatic rings. The molecule has 4 heteroatoms. The van der Waals surface area contributed by atoms with Crippen LogP contribution in [0.15, 0.2) is 24.3 Å². The lowest BCUT2D eigenvalue weighted by Crippen LogP contribution is -2.35. The fourth-order valence-corrected chi connectivity index (χ4v) is 1.93. The summed E-state index contributed by atoms with van der Waals surface area (Å²) < 4.78 is 5.08. The Hall–Kier alpha value is -0.940. The van der Waals surface area contributed by atoms with Crippen molar-refractivity contribution in [2.24, 2.45) is 5.73 Å². The molecule has 1 rings (SSSR count). The molecule has 0 aliphatic rings. The maximum absolute atomic E-state index is 8.90. The van der Waals surface area contributed by atoms with Crippen molar-refractivity contribution in [3.8, 4) is 0 Å². The Morgan fingerprint density at radius 3 is 2.50 bits per heavy atom. The minimum atomic E-state index is 0.128. The molecule has 0 aromatic heterocycles.